The molecule has 5 unspecified atom stereocenters. The molecule has 0 saturated carbocycles. The summed E-state index contributed by atoms with van der Waals surface area (Å²) >= 11 is 3.94. The van der Waals surface area contributed by atoms with E-state index < -0.39 is 72.8 Å². The van der Waals surface area contributed by atoms with Crippen LogP contribution in [0.1, 0.15) is 25.3 Å². The molecular formula is C21H30N4O9S. The number of phenols is 1. The number of aliphatic hydroxyl groups is 1. The molecule has 14 heteroatoms. The molecule has 1 aromatic rings. The Hall–Kier alpha value is -3.36. The molecule has 13 nitrogen and oxygen atoms in total. The van der Waals surface area contributed by atoms with E-state index in [-0.39, 0.29) is 17.9 Å². The standard InChI is InChI=1S/C21H30N4O9S/c1-10(26)17(20(32)23-14(21(33)34)6-7-16(28)29)25-19(31)15(24-18(30)13(22)9-35)8-11-2-4-12(27)5-3-11/h2-5,10,13-15,17,26-27,35H,6-9,22H2,1H3,(H,23,32)(H,24,30)(H,25,31)(H,28,29)(H,33,34). The summed E-state index contributed by atoms with van der Waals surface area (Å²) in [6.45, 7) is 1.18. The van der Waals surface area contributed by atoms with Crippen molar-refractivity contribution < 1.29 is 44.4 Å². The molecule has 1 rings (SSSR count). The molecule has 3 amide bonds. The number of benzene rings is 1. The zero-order chi connectivity index (χ0) is 26.7. The summed E-state index contributed by atoms with van der Waals surface area (Å²) in [7, 11) is 0. The highest BCUT2D eigenvalue weighted by molar-refractivity contribution is 7.80. The SMILES string of the molecule is CC(O)C(NC(=O)C(Cc1ccc(O)cc1)NC(=O)C(N)CS)C(=O)NC(CCC(=O)O)C(=O)O. The number of hydrogen-bond acceptors (Lipinski definition) is 9. The van der Waals surface area contributed by atoms with Crippen molar-refractivity contribution in [1.82, 2.24) is 16.0 Å². The van der Waals surface area contributed by atoms with E-state index in [9.17, 15) is 39.3 Å². The van der Waals surface area contributed by atoms with E-state index in [1.54, 1.807) is 0 Å². The Balaban J connectivity index is 3.06. The quantitative estimate of drug-likeness (QED) is 0.124. The molecule has 0 spiro atoms. The van der Waals surface area contributed by atoms with Gasteiger partial charge < -0.3 is 42.1 Å². The van der Waals surface area contributed by atoms with Gasteiger partial charge in [-0.15, -0.1) is 0 Å². The van der Waals surface area contributed by atoms with Gasteiger partial charge in [0.25, 0.3) is 0 Å². The minimum absolute atomic E-state index is 0.00892. The number of hydrogen-bond donors (Lipinski definition) is 9. The molecule has 0 aliphatic carbocycles. The fourth-order valence-electron chi connectivity index (χ4n) is 2.88. The molecule has 0 saturated heterocycles. The van der Waals surface area contributed by atoms with Crippen LogP contribution in [0.2, 0.25) is 0 Å². The predicted octanol–water partition coefficient (Wildman–Crippen LogP) is -2.02. The van der Waals surface area contributed by atoms with Crippen molar-refractivity contribution in [2.45, 2.75) is 56.5 Å². The summed E-state index contributed by atoms with van der Waals surface area (Å²) in [5, 5.41) is 44.3. The van der Waals surface area contributed by atoms with Gasteiger partial charge in [0.2, 0.25) is 17.7 Å². The largest absolute Gasteiger partial charge is 0.508 e. The van der Waals surface area contributed by atoms with Crippen LogP contribution >= 0.6 is 12.6 Å². The van der Waals surface area contributed by atoms with Crippen LogP contribution in [0.3, 0.4) is 0 Å². The fraction of sp³-hybridized carbons (Fsp3) is 0.476. The van der Waals surface area contributed by atoms with Gasteiger partial charge in [-0.25, -0.2) is 4.79 Å². The summed E-state index contributed by atoms with van der Waals surface area (Å²) < 4.78 is 0. The average molecular weight is 515 g/mol. The lowest BCUT2D eigenvalue weighted by molar-refractivity contribution is -0.144. The molecule has 0 bridgehead atoms. The number of thiol groups is 1. The summed E-state index contributed by atoms with van der Waals surface area (Å²) in [6, 6.07) is 0.300. The summed E-state index contributed by atoms with van der Waals surface area (Å²) in [6.07, 6.45) is -2.49. The van der Waals surface area contributed by atoms with Crippen molar-refractivity contribution in [3.05, 3.63) is 29.8 Å². The topological polar surface area (TPSA) is 228 Å². The van der Waals surface area contributed by atoms with E-state index in [0.29, 0.717) is 5.56 Å². The molecular weight excluding hydrogens is 484 g/mol. The van der Waals surface area contributed by atoms with Crippen LogP contribution in [0.15, 0.2) is 24.3 Å². The van der Waals surface area contributed by atoms with Gasteiger partial charge in [-0.3, -0.25) is 19.2 Å². The number of nitrogens with one attached hydrogen (secondary N) is 3. The average Bonchev–Trinajstić information content (AvgIpc) is 2.79. The lowest BCUT2D eigenvalue weighted by Gasteiger charge is -2.26. The first kappa shape index (κ1) is 29.7. The molecule has 0 aliphatic rings. The van der Waals surface area contributed by atoms with Gasteiger partial charge >= 0.3 is 11.9 Å². The fourth-order valence-corrected chi connectivity index (χ4v) is 3.05. The Bertz CT molecular complexity index is 911. The molecule has 1 aromatic carbocycles. The first-order chi connectivity index (χ1) is 16.3. The number of carbonyl (C=O) groups excluding carboxylic acids is 3. The highest BCUT2D eigenvalue weighted by Crippen LogP contribution is 2.12. The van der Waals surface area contributed by atoms with Gasteiger partial charge in [0.05, 0.1) is 12.1 Å². The van der Waals surface area contributed by atoms with Gasteiger partial charge in [0, 0.05) is 18.6 Å². The Morgan fingerprint density at radius 2 is 1.51 bits per heavy atom. The molecule has 0 heterocycles. The van der Waals surface area contributed by atoms with Crippen LogP contribution in [-0.2, 0) is 30.4 Å². The van der Waals surface area contributed by atoms with Gasteiger partial charge in [0.15, 0.2) is 0 Å². The first-order valence-corrected chi connectivity index (χ1v) is 11.2. The van der Waals surface area contributed by atoms with E-state index >= 15 is 0 Å². The highest BCUT2D eigenvalue weighted by atomic mass is 32.1. The second kappa shape index (κ2) is 14.1. The minimum atomic E-state index is -1.62. The van der Waals surface area contributed by atoms with Crippen LogP contribution < -0.4 is 21.7 Å². The zero-order valence-electron chi connectivity index (χ0n) is 18.9. The molecule has 0 aliphatic heterocycles. The lowest BCUT2D eigenvalue weighted by Crippen LogP contribution is -2.60. The van der Waals surface area contributed by atoms with Crippen LogP contribution in [0, 0.1) is 0 Å². The van der Waals surface area contributed by atoms with Gasteiger partial charge in [-0.2, -0.15) is 12.6 Å². The van der Waals surface area contributed by atoms with Crippen LogP contribution in [0.5, 0.6) is 5.75 Å². The van der Waals surface area contributed by atoms with Crippen molar-refractivity contribution in [2.75, 3.05) is 5.75 Å². The van der Waals surface area contributed by atoms with Crippen molar-refractivity contribution in [3.63, 3.8) is 0 Å². The third-order valence-electron chi connectivity index (χ3n) is 4.87. The number of aromatic hydroxyl groups is 1. The maximum Gasteiger partial charge on any atom is 0.326 e. The number of nitrogens with two attached hydrogens (primary N) is 1. The maximum absolute atomic E-state index is 13.0. The zero-order valence-corrected chi connectivity index (χ0v) is 19.8. The molecule has 0 fully saturated rings. The number of aliphatic carboxylic acids is 2. The highest BCUT2D eigenvalue weighted by Gasteiger charge is 2.33. The number of aliphatic hydroxyl groups excluding tert-OH is 1. The predicted molar refractivity (Wildman–Crippen MR) is 126 cm³/mol. The second-order valence-electron chi connectivity index (χ2n) is 7.78. The van der Waals surface area contributed by atoms with Crippen LogP contribution in [-0.4, -0.2) is 86.1 Å². The van der Waals surface area contributed by atoms with Crippen molar-refractivity contribution in [2.24, 2.45) is 5.73 Å². The van der Waals surface area contributed by atoms with Crippen LogP contribution in [0.25, 0.3) is 0 Å². The second-order valence-corrected chi connectivity index (χ2v) is 8.14. The number of carboxylic acid groups (broad SMARTS) is 2. The summed E-state index contributed by atoms with van der Waals surface area (Å²) in [4.78, 5) is 60.0. The van der Waals surface area contributed by atoms with Crippen molar-refractivity contribution in [3.8, 4) is 5.75 Å². The number of carbonyl (C=O) groups is 5. The molecule has 0 radical (unpaired) electrons. The number of phenolic OH excluding ortho intramolecular Hbond substituents is 1. The monoisotopic (exact) mass is 514 g/mol. The van der Waals surface area contributed by atoms with E-state index in [1.165, 1.54) is 31.2 Å². The molecule has 9 N–H and O–H groups in total. The summed E-state index contributed by atoms with van der Waals surface area (Å²) in [5.41, 5.74) is 6.20. The Morgan fingerprint density at radius 1 is 0.943 bits per heavy atom. The molecule has 35 heavy (non-hydrogen) atoms. The van der Waals surface area contributed by atoms with Crippen molar-refractivity contribution >= 4 is 42.3 Å². The smallest absolute Gasteiger partial charge is 0.326 e. The first-order valence-electron chi connectivity index (χ1n) is 10.5. The Kier molecular flexibility index (Phi) is 12.0. The Morgan fingerprint density at radius 3 is 2.00 bits per heavy atom. The normalized spacial score (nSPS) is 15.1. The van der Waals surface area contributed by atoms with E-state index in [2.05, 4.69) is 28.6 Å². The van der Waals surface area contributed by atoms with E-state index in [4.69, 9.17) is 10.8 Å². The number of carboxylic acids is 2. The maximum atomic E-state index is 13.0. The van der Waals surface area contributed by atoms with Crippen LogP contribution in [0.4, 0.5) is 0 Å². The molecule has 194 valence electrons. The van der Waals surface area contributed by atoms with Gasteiger partial charge in [-0.1, -0.05) is 12.1 Å². The number of rotatable bonds is 14. The third-order valence-corrected chi connectivity index (χ3v) is 5.26. The van der Waals surface area contributed by atoms with Gasteiger partial charge in [-0.05, 0) is 31.0 Å². The van der Waals surface area contributed by atoms with E-state index in [0.717, 1.165) is 0 Å². The van der Waals surface area contributed by atoms with Gasteiger partial charge in [0.1, 0.15) is 23.9 Å². The minimum Gasteiger partial charge on any atom is -0.508 e. The molecule has 5 atom stereocenters. The Labute approximate surface area is 206 Å². The summed E-state index contributed by atoms with van der Waals surface area (Å²) in [5.74, 6) is -5.42. The lowest BCUT2D eigenvalue weighted by atomic mass is 10.0. The number of amides is 3. The van der Waals surface area contributed by atoms with E-state index in [1.807, 2.05) is 0 Å². The van der Waals surface area contributed by atoms with Crippen molar-refractivity contribution in [1.29, 1.82) is 0 Å². The molecule has 0 aromatic heterocycles. The third kappa shape index (κ3) is 10.2.